The summed E-state index contributed by atoms with van der Waals surface area (Å²) in [5.41, 5.74) is 1.91. The first-order valence-corrected chi connectivity index (χ1v) is 14.1. The lowest BCUT2D eigenvalue weighted by atomic mass is 10.2. The lowest BCUT2D eigenvalue weighted by molar-refractivity contribution is -0.129. The van der Waals surface area contributed by atoms with Gasteiger partial charge in [-0.2, -0.15) is 0 Å². The number of methoxy groups -OCH3 is 2. The van der Waals surface area contributed by atoms with Crippen molar-refractivity contribution in [3.8, 4) is 11.5 Å². The summed E-state index contributed by atoms with van der Waals surface area (Å²) in [6.45, 7) is 3.40. The summed E-state index contributed by atoms with van der Waals surface area (Å²) in [7, 11) is -1.19. The number of aryl methyl sites for hydroxylation is 1. The number of carbonyl (C=O) groups excluding carboxylic acids is 1. The van der Waals surface area contributed by atoms with Gasteiger partial charge in [-0.05, 0) is 55.0 Å². The quantitative estimate of drug-likeness (QED) is 0.380. The van der Waals surface area contributed by atoms with E-state index in [-0.39, 0.29) is 32.3 Å². The third kappa shape index (κ3) is 5.80. The van der Waals surface area contributed by atoms with E-state index in [1.807, 2.05) is 24.3 Å². The summed E-state index contributed by atoms with van der Waals surface area (Å²) in [4.78, 5) is 17.3. The number of carbonyl (C=O) groups is 1. The average molecular weight is 579 g/mol. The molecule has 3 aromatic rings. The minimum atomic E-state index is -4.21. The molecule has 0 aromatic heterocycles. The van der Waals surface area contributed by atoms with E-state index in [1.165, 1.54) is 31.4 Å². The Bertz CT molecular complexity index is 1430. The number of sulfonamides is 1. The van der Waals surface area contributed by atoms with E-state index < -0.39 is 16.6 Å². The first-order chi connectivity index (χ1) is 18.1. The molecular formula is C27H29Cl2N3O5S. The standard InChI is InChI=1S/C27H29Cl2N3O5S/c1-19-8-11-25(37-3)26(16-19)38(34,35)32(20-9-10-21(28)22(29)17-20)18-27(33)31-14-12-30(13-15-31)23-6-4-5-7-24(23)36-2/h4-11,16-17H,12-15,18H2,1-3H3. The Labute approximate surface area is 233 Å². The number of nitrogens with zero attached hydrogens (tertiary/aromatic N) is 3. The van der Waals surface area contributed by atoms with Gasteiger partial charge in [0, 0.05) is 26.2 Å². The number of ether oxygens (including phenoxy) is 2. The zero-order valence-electron chi connectivity index (χ0n) is 21.4. The highest BCUT2D eigenvalue weighted by Gasteiger charge is 2.33. The highest BCUT2D eigenvalue weighted by Crippen LogP contribution is 2.34. The number of anilines is 2. The molecule has 0 bridgehead atoms. The topological polar surface area (TPSA) is 79.4 Å². The summed E-state index contributed by atoms with van der Waals surface area (Å²) >= 11 is 12.3. The number of halogens is 2. The molecule has 0 radical (unpaired) electrons. The molecule has 0 N–H and O–H groups in total. The molecule has 0 saturated carbocycles. The molecule has 202 valence electrons. The second-order valence-corrected chi connectivity index (χ2v) is 11.4. The molecule has 1 saturated heterocycles. The lowest BCUT2D eigenvalue weighted by Gasteiger charge is -2.37. The van der Waals surface area contributed by atoms with Gasteiger partial charge >= 0.3 is 0 Å². The van der Waals surface area contributed by atoms with E-state index in [0.717, 1.165) is 21.3 Å². The van der Waals surface area contributed by atoms with Gasteiger partial charge in [-0.25, -0.2) is 8.42 Å². The summed E-state index contributed by atoms with van der Waals surface area (Å²) in [6.07, 6.45) is 0. The van der Waals surface area contributed by atoms with Crippen molar-refractivity contribution in [1.82, 2.24) is 4.90 Å². The zero-order chi connectivity index (χ0) is 27.4. The van der Waals surface area contributed by atoms with Gasteiger partial charge in [-0.1, -0.05) is 41.4 Å². The van der Waals surface area contributed by atoms with Crippen LogP contribution in [0.4, 0.5) is 11.4 Å². The smallest absolute Gasteiger partial charge is 0.268 e. The first kappa shape index (κ1) is 27.9. The fraction of sp³-hybridized carbons (Fsp3) is 0.296. The number of benzene rings is 3. The van der Waals surface area contributed by atoms with Crippen LogP contribution < -0.4 is 18.7 Å². The van der Waals surface area contributed by atoms with Crippen molar-refractivity contribution < 1.29 is 22.7 Å². The fourth-order valence-corrected chi connectivity index (χ4v) is 6.31. The van der Waals surface area contributed by atoms with E-state index in [1.54, 1.807) is 31.1 Å². The van der Waals surface area contributed by atoms with Crippen LogP contribution in [-0.2, 0) is 14.8 Å². The van der Waals surface area contributed by atoms with Gasteiger partial charge in [0.15, 0.2) is 0 Å². The predicted octanol–water partition coefficient (Wildman–Crippen LogP) is 4.86. The van der Waals surface area contributed by atoms with E-state index in [4.69, 9.17) is 32.7 Å². The molecule has 1 heterocycles. The summed E-state index contributed by atoms with van der Waals surface area (Å²) < 4.78 is 39.8. The van der Waals surface area contributed by atoms with Crippen LogP contribution in [0.1, 0.15) is 5.56 Å². The largest absolute Gasteiger partial charge is 0.495 e. The maximum atomic E-state index is 14.0. The molecule has 4 rings (SSSR count). The number of piperazine rings is 1. The normalized spacial score (nSPS) is 13.8. The Hall–Kier alpha value is -3.14. The minimum Gasteiger partial charge on any atom is -0.495 e. The Kier molecular flexibility index (Phi) is 8.60. The molecule has 38 heavy (non-hydrogen) atoms. The molecule has 3 aromatic carbocycles. The number of rotatable bonds is 8. The number of amides is 1. The fourth-order valence-electron chi connectivity index (χ4n) is 4.37. The van der Waals surface area contributed by atoms with Crippen LogP contribution in [0.5, 0.6) is 11.5 Å². The maximum absolute atomic E-state index is 14.0. The molecule has 0 atom stereocenters. The molecular weight excluding hydrogens is 549 g/mol. The van der Waals surface area contributed by atoms with E-state index >= 15 is 0 Å². The Morgan fingerprint density at radius 2 is 1.58 bits per heavy atom. The Balaban J connectivity index is 1.61. The van der Waals surface area contributed by atoms with Crippen molar-refractivity contribution in [2.75, 3.05) is 56.1 Å². The molecule has 1 aliphatic heterocycles. The third-order valence-electron chi connectivity index (χ3n) is 6.42. The molecule has 8 nitrogen and oxygen atoms in total. The van der Waals surface area contributed by atoms with Gasteiger partial charge in [0.1, 0.15) is 22.9 Å². The number of hydrogen-bond acceptors (Lipinski definition) is 6. The van der Waals surface area contributed by atoms with Crippen molar-refractivity contribution in [2.24, 2.45) is 0 Å². The molecule has 0 spiro atoms. The molecule has 1 aliphatic rings. The first-order valence-electron chi connectivity index (χ1n) is 11.9. The number of hydrogen-bond donors (Lipinski definition) is 0. The molecule has 1 fully saturated rings. The van der Waals surface area contributed by atoms with Crippen molar-refractivity contribution in [2.45, 2.75) is 11.8 Å². The van der Waals surface area contributed by atoms with Crippen molar-refractivity contribution in [3.63, 3.8) is 0 Å². The van der Waals surface area contributed by atoms with E-state index in [0.29, 0.717) is 26.2 Å². The second-order valence-electron chi connectivity index (χ2n) is 8.80. The second kappa shape index (κ2) is 11.7. The number of para-hydroxylation sites is 2. The molecule has 11 heteroatoms. The van der Waals surface area contributed by atoms with E-state index in [2.05, 4.69) is 4.90 Å². The van der Waals surface area contributed by atoms with Gasteiger partial charge in [-0.15, -0.1) is 0 Å². The summed E-state index contributed by atoms with van der Waals surface area (Å²) in [5, 5.41) is 0.457. The SMILES string of the molecule is COc1ccccc1N1CCN(C(=O)CN(c2ccc(Cl)c(Cl)c2)S(=O)(=O)c2cc(C)ccc2OC)CC1. The predicted molar refractivity (Wildman–Crippen MR) is 151 cm³/mol. The van der Waals surface area contributed by atoms with E-state index in [9.17, 15) is 13.2 Å². The van der Waals surface area contributed by atoms with Crippen molar-refractivity contribution in [3.05, 3.63) is 76.3 Å². The van der Waals surface area contributed by atoms with Crippen LogP contribution in [0.15, 0.2) is 65.6 Å². The van der Waals surface area contributed by atoms with Crippen LogP contribution in [0.2, 0.25) is 10.0 Å². The monoisotopic (exact) mass is 577 g/mol. The summed E-state index contributed by atoms with van der Waals surface area (Å²) in [6, 6.07) is 17.1. The van der Waals surface area contributed by atoms with Gasteiger partial charge in [-0.3, -0.25) is 9.10 Å². The minimum absolute atomic E-state index is 0.0418. The van der Waals surface area contributed by atoms with Crippen LogP contribution in [-0.4, -0.2) is 66.2 Å². The van der Waals surface area contributed by atoms with Crippen molar-refractivity contribution >= 4 is 50.5 Å². The Morgan fingerprint density at radius 3 is 2.24 bits per heavy atom. The third-order valence-corrected chi connectivity index (χ3v) is 8.95. The van der Waals surface area contributed by atoms with Crippen molar-refractivity contribution in [1.29, 1.82) is 0 Å². The molecule has 0 aliphatic carbocycles. The lowest BCUT2D eigenvalue weighted by Crippen LogP contribution is -2.52. The molecule has 0 unspecified atom stereocenters. The van der Waals surface area contributed by atoms with Gasteiger partial charge < -0.3 is 19.3 Å². The maximum Gasteiger partial charge on any atom is 0.268 e. The molecule has 1 amide bonds. The summed E-state index contributed by atoms with van der Waals surface area (Å²) in [5.74, 6) is 0.612. The van der Waals surface area contributed by atoms with Gasteiger partial charge in [0.2, 0.25) is 5.91 Å². The average Bonchev–Trinajstić information content (AvgIpc) is 2.93. The van der Waals surface area contributed by atoms with Gasteiger partial charge in [0.25, 0.3) is 10.0 Å². The van der Waals surface area contributed by atoms with Crippen LogP contribution in [0.25, 0.3) is 0 Å². The highest BCUT2D eigenvalue weighted by molar-refractivity contribution is 7.93. The van der Waals surface area contributed by atoms with Crippen LogP contribution in [0, 0.1) is 6.92 Å². The van der Waals surface area contributed by atoms with Crippen LogP contribution >= 0.6 is 23.2 Å². The Morgan fingerprint density at radius 1 is 0.895 bits per heavy atom. The van der Waals surface area contributed by atoms with Gasteiger partial charge in [0.05, 0.1) is 35.6 Å². The zero-order valence-corrected chi connectivity index (χ0v) is 23.7. The van der Waals surface area contributed by atoms with Crippen LogP contribution in [0.3, 0.4) is 0 Å². The highest BCUT2D eigenvalue weighted by atomic mass is 35.5.